The zero-order valence-corrected chi connectivity index (χ0v) is 16.6. The minimum absolute atomic E-state index is 0.0492. The van der Waals surface area contributed by atoms with Gasteiger partial charge >= 0.3 is 5.97 Å². The molecule has 1 heterocycles. The van der Waals surface area contributed by atoms with Crippen molar-refractivity contribution in [1.29, 1.82) is 0 Å². The molecule has 2 aromatic carbocycles. The molecule has 3 rings (SSSR count). The summed E-state index contributed by atoms with van der Waals surface area (Å²) < 4.78 is 20.9. The molecule has 1 aliphatic rings. The van der Waals surface area contributed by atoms with Crippen LogP contribution in [0.1, 0.15) is 17.3 Å². The second-order valence-electron chi connectivity index (χ2n) is 5.98. The summed E-state index contributed by atoms with van der Waals surface area (Å²) in [7, 11) is 0. The number of fused-ring (bicyclic) bond motifs is 1. The molecular formula is C19H17ClN2O8. The number of rotatable bonds is 7. The largest absolute Gasteiger partial charge is 0.494 e. The number of nitro groups is 1. The number of benzene rings is 2. The molecule has 0 aliphatic carbocycles. The second-order valence-corrected chi connectivity index (χ2v) is 6.38. The van der Waals surface area contributed by atoms with Crippen LogP contribution in [0.3, 0.4) is 0 Å². The molecule has 0 saturated heterocycles. The van der Waals surface area contributed by atoms with E-state index in [1.165, 1.54) is 30.3 Å². The molecule has 0 aromatic heterocycles. The number of carbonyl (C=O) groups excluding carboxylic acids is 2. The highest BCUT2D eigenvalue weighted by atomic mass is 35.5. The maximum atomic E-state index is 12.2. The van der Waals surface area contributed by atoms with Crippen LogP contribution in [0.5, 0.6) is 17.2 Å². The lowest BCUT2D eigenvalue weighted by atomic mass is 10.2. The van der Waals surface area contributed by atoms with Crippen molar-refractivity contribution in [2.45, 2.75) is 6.92 Å². The third-order valence-corrected chi connectivity index (χ3v) is 4.20. The van der Waals surface area contributed by atoms with Gasteiger partial charge in [0.1, 0.15) is 24.7 Å². The van der Waals surface area contributed by atoms with Crippen molar-refractivity contribution in [1.82, 2.24) is 0 Å². The van der Waals surface area contributed by atoms with E-state index in [2.05, 4.69) is 5.32 Å². The Bertz CT molecular complexity index is 995. The third kappa shape index (κ3) is 4.90. The molecule has 0 saturated carbocycles. The Hall–Kier alpha value is -3.53. The average Bonchev–Trinajstić information content (AvgIpc) is 2.73. The highest BCUT2D eigenvalue weighted by Crippen LogP contribution is 2.38. The van der Waals surface area contributed by atoms with E-state index in [9.17, 15) is 19.7 Å². The molecule has 0 unspecified atom stereocenters. The Morgan fingerprint density at radius 3 is 2.73 bits per heavy atom. The van der Waals surface area contributed by atoms with Gasteiger partial charge in [0.05, 0.1) is 28.2 Å². The number of nitrogens with one attached hydrogen (secondary N) is 1. The molecule has 0 radical (unpaired) electrons. The Kier molecular flexibility index (Phi) is 6.58. The number of carbonyl (C=O) groups is 2. The first kappa shape index (κ1) is 21.2. The predicted octanol–water partition coefficient (Wildman–Crippen LogP) is 3.21. The highest BCUT2D eigenvalue weighted by Gasteiger charge is 2.21. The van der Waals surface area contributed by atoms with Crippen LogP contribution in [-0.2, 0) is 9.53 Å². The van der Waals surface area contributed by atoms with Gasteiger partial charge in [-0.2, -0.15) is 0 Å². The summed E-state index contributed by atoms with van der Waals surface area (Å²) in [5, 5.41) is 13.8. The fourth-order valence-corrected chi connectivity index (χ4v) is 2.92. The van der Waals surface area contributed by atoms with Crippen LogP contribution < -0.4 is 19.5 Å². The average molecular weight is 437 g/mol. The molecule has 0 bridgehead atoms. The lowest BCUT2D eigenvalue weighted by Gasteiger charge is -2.19. The summed E-state index contributed by atoms with van der Waals surface area (Å²) >= 11 is 6.08. The van der Waals surface area contributed by atoms with Crippen molar-refractivity contribution in [3.05, 3.63) is 51.0 Å². The lowest BCUT2D eigenvalue weighted by molar-refractivity contribution is -0.384. The van der Waals surface area contributed by atoms with E-state index >= 15 is 0 Å². The van der Waals surface area contributed by atoms with Crippen molar-refractivity contribution >= 4 is 34.9 Å². The van der Waals surface area contributed by atoms with Crippen molar-refractivity contribution in [2.75, 3.05) is 31.7 Å². The smallest absolute Gasteiger partial charge is 0.338 e. The van der Waals surface area contributed by atoms with Gasteiger partial charge in [-0.25, -0.2) is 4.79 Å². The summed E-state index contributed by atoms with van der Waals surface area (Å²) in [5.74, 6) is -0.635. The quantitative estimate of drug-likeness (QED) is 0.398. The van der Waals surface area contributed by atoms with Crippen LogP contribution in [0.25, 0.3) is 0 Å². The monoisotopic (exact) mass is 436 g/mol. The van der Waals surface area contributed by atoms with E-state index in [0.29, 0.717) is 37.1 Å². The van der Waals surface area contributed by atoms with E-state index in [4.69, 9.17) is 30.5 Å². The van der Waals surface area contributed by atoms with Gasteiger partial charge in [-0.05, 0) is 31.2 Å². The molecule has 1 N–H and O–H groups in total. The molecule has 158 valence electrons. The highest BCUT2D eigenvalue weighted by molar-refractivity contribution is 6.32. The number of amides is 1. The molecule has 11 heteroatoms. The molecule has 0 atom stereocenters. The fraction of sp³-hybridized carbons (Fsp3) is 0.263. The zero-order chi connectivity index (χ0) is 21.7. The Morgan fingerprint density at radius 2 is 2.00 bits per heavy atom. The van der Waals surface area contributed by atoms with Crippen molar-refractivity contribution < 1.29 is 33.5 Å². The van der Waals surface area contributed by atoms with Crippen LogP contribution in [0, 0.1) is 10.1 Å². The topological polar surface area (TPSA) is 126 Å². The standard InChI is InChI=1S/C19H17ClN2O8/c1-2-27-12-3-4-14(15(9-12)22(25)26)21-17(23)10-30-19(24)11-7-13(20)18-16(8-11)28-5-6-29-18/h3-4,7-9H,2,5-6,10H2,1H3,(H,21,23). The first-order valence-electron chi connectivity index (χ1n) is 8.86. The number of ether oxygens (including phenoxy) is 4. The molecule has 10 nitrogen and oxygen atoms in total. The van der Waals surface area contributed by atoms with Gasteiger partial charge in [0.2, 0.25) is 0 Å². The number of anilines is 1. The minimum atomic E-state index is -0.815. The van der Waals surface area contributed by atoms with Crippen LogP contribution >= 0.6 is 11.6 Å². The van der Waals surface area contributed by atoms with E-state index in [1.807, 2.05) is 0 Å². The first-order valence-corrected chi connectivity index (χ1v) is 9.24. The molecule has 2 aromatic rings. The van der Waals surface area contributed by atoms with E-state index in [1.54, 1.807) is 6.92 Å². The minimum Gasteiger partial charge on any atom is -0.494 e. The summed E-state index contributed by atoms with van der Waals surface area (Å²) in [4.78, 5) is 35.0. The molecule has 1 aliphatic heterocycles. The van der Waals surface area contributed by atoms with E-state index in [0.717, 1.165) is 0 Å². The zero-order valence-electron chi connectivity index (χ0n) is 15.8. The normalized spacial score (nSPS) is 12.1. The summed E-state index contributed by atoms with van der Waals surface area (Å²) in [5.41, 5.74) is -0.324. The van der Waals surface area contributed by atoms with Crippen molar-refractivity contribution in [3.63, 3.8) is 0 Å². The Balaban J connectivity index is 1.64. The van der Waals surface area contributed by atoms with E-state index < -0.39 is 23.4 Å². The number of nitro benzene ring substituents is 1. The van der Waals surface area contributed by atoms with Gasteiger partial charge in [-0.15, -0.1) is 0 Å². The van der Waals surface area contributed by atoms with Gasteiger partial charge in [0.25, 0.3) is 11.6 Å². The molecule has 0 spiro atoms. The SMILES string of the molecule is CCOc1ccc(NC(=O)COC(=O)c2cc(Cl)c3c(c2)OCCO3)c([N+](=O)[O-])c1. The van der Waals surface area contributed by atoms with Gasteiger partial charge in [-0.3, -0.25) is 14.9 Å². The summed E-state index contributed by atoms with van der Waals surface area (Å²) in [6.45, 7) is 2.07. The maximum absolute atomic E-state index is 12.2. The Morgan fingerprint density at radius 1 is 1.23 bits per heavy atom. The Labute approximate surface area is 175 Å². The van der Waals surface area contributed by atoms with Crippen molar-refractivity contribution in [3.8, 4) is 17.2 Å². The van der Waals surface area contributed by atoms with Gasteiger partial charge < -0.3 is 24.3 Å². The van der Waals surface area contributed by atoms with E-state index in [-0.39, 0.29) is 22.0 Å². The summed E-state index contributed by atoms with van der Waals surface area (Å²) in [6.07, 6.45) is 0. The fourth-order valence-electron chi connectivity index (χ4n) is 2.65. The number of halogens is 1. The molecule has 0 fully saturated rings. The van der Waals surface area contributed by atoms with Crippen LogP contribution in [0.2, 0.25) is 5.02 Å². The number of nitrogens with zero attached hydrogens (tertiary/aromatic N) is 1. The van der Waals surface area contributed by atoms with Crippen molar-refractivity contribution in [2.24, 2.45) is 0 Å². The predicted molar refractivity (Wildman–Crippen MR) is 106 cm³/mol. The lowest BCUT2D eigenvalue weighted by Crippen LogP contribution is -2.22. The first-order chi connectivity index (χ1) is 14.4. The van der Waals surface area contributed by atoms with Gasteiger partial charge in [0.15, 0.2) is 18.1 Å². The molecular weight excluding hydrogens is 420 g/mol. The van der Waals surface area contributed by atoms with Gasteiger partial charge in [0, 0.05) is 0 Å². The van der Waals surface area contributed by atoms with Crippen LogP contribution in [0.15, 0.2) is 30.3 Å². The van der Waals surface area contributed by atoms with Crippen LogP contribution in [-0.4, -0.2) is 43.2 Å². The summed E-state index contributed by atoms with van der Waals surface area (Å²) in [6, 6.07) is 6.76. The number of esters is 1. The number of hydrogen-bond donors (Lipinski definition) is 1. The second kappa shape index (κ2) is 9.31. The molecule has 1 amide bonds. The third-order valence-electron chi connectivity index (χ3n) is 3.92. The molecule has 30 heavy (non-hydrogen) atoms. The van der Waals surface area contributed by atoms with Gasteiger partial charge in [-0.1, -0.05) is 11.6 Å². The maximum Gasteiger partial charge on any atom is 0.338 e. The van der Waals surface area contributed by atoms with Crippen LogP contribution in [0.4, 0.5) is 11.4 Å². The number of hydrogen-bond acceptors (Lipinski definition) is 8.